The Kier molecular flexibility index (Phi) is 7.01. The fourth-order valence-electron chi connectivity index (χ4n) is 4.29. The van der Waals surface area contributed by atoms with Crippen molar-refractivity contribution >= 4 is 29.2 Å². The third-order valence-corrected chi connectivity index (χ3v) is 6.16. The van der Waals surface area contributed by atoms with Gasteiger partial charge in [-0.2, -0.15) is 4.98 Å². The number of anilines is 4. The minimum Gasteiger partial charge on any atom is -0.406 e. The van der Waals surface area contributed by atoms with Crippen LogP contribution in [-0.2, 0) is 17.8 Å². The van der Waals surface area contributed by atoms with Crippen LogP contribution in [0.4, 0.5) is 36.4 Å². The molecule has 5 rings (SSSR count). The molecule has 0 atom stereocenters. The van der Waals surface area contributed by atoms with Gasteiger partial charge in [-0.05, 0) is 60.5 Å². The number of benzene rings is 2. The van der Waals surface area contributed by atoms with Gasteiger partial charge in [-0.3, -0.25) is 9.78 Å². The number of carbonyl (C=O) groups is 1. The maximum Gasteiger partial charge on any atom is 0.573 e. The van der Waals surface area contributed by atoms with E-state index in [-0.39, 0.29) is 11.7 Å². The summed E-state index contributed by atoms with van der Waals surface area (Å²) in [7, 11) is 0. The van der Waals surface area contributed by atoms with Gasteiger partial charge in [-0.25, -0.2) is 9.97 Å². The van der Waals surface area contributed by atoms with Crippen LogP contribution in [0, 0.1) is 6.92 Å². The number of halogens is 3. The zero-order chi connectivity index (χ0) is 27.6. The van der Waals surface area contributed by atoms with Crippen LogP contribution in [-0.4, -0.2) is 38.8 Å². The van der Waals surface area contributed by atoms with Gasteiger partial charge in [-0.15, -0.1) is 13.2 Å². The number of alkyl halides is 3. The molecule has 0 bridgehead atoms. The largest absolute Gasteiger partial charge is 0.573 e. The molecule has 3 heterocycles. The highest BCUT2D eigenvalue weighted by Crippen LogP contribution is 2.29. The number of amides is 1. The number of aromatic nitrogens is 4. The number of pyridine rings is 1. The van der Waals surface area contributed by atoms with Crippen LogP contribution >= 0.6 is 0 Å². The summed E-state index contributed by atoms with van der Waals surface area (Å²) in [6, 6.07) is 15.0. The van der Waals surface area contributed by atoms with Crippen LogP contribution < -0.4 is 20.3 Å². The van der Waals surface area contributed by atoms with Crippen LogP contribution in [0.2, 0.25) is 0 Å². The molecule has 0 spiro atoms. The van der Waals surface area contributed by atoms with Gasteiger partial charge in [0.05, 0.1) is 5.69 Å². The molecule has 2 aromatic carbocycles. The molecule has 0 radical (unpaired) electrons. The van der Waals surface area contributed by atoms with E-state index in [2.05, 4.69) is 30.3 Å². The normalized spacial score (nSPS) is 13.0. The van der Waals surface area contributed by atoms with Crippen molar-refractivity contribution in [3.05, 3.63) is 77.7 Å². The van der Waals surface area contributed by atoms with Crippen LogP contribution in [0.25, 0.3) is 11.3 Å². The van der Waals surface area contributed by atoms with E-state index in [1.165, 1.54) is 25.4 Å². The monoisotopic (exact) mass is 535 g/mol. The smallest absolute Gasteiger partial charge is 0.406 e. The van der Waals surface area contributed by atoms with E-state index in [9.17, 15) is 18.0 Å². The third-order valence-electron chi connectivity index (χ3n) is 6.16. The number of rotatable bonds is 6. The lowest BCUT2D eigenvalue weighted by atomic mass is 10.0. The Morgan fingerprint density at radius 3 is 2.51 bits per heavy atom. The van der Waals surface area contributed by atoms with Crippen LogP contribution in [0.3, 0.4) is 0 Å². The first-order valence-corrected chi connectivity index (χ1v) is 12.1. The zero-order valence-electron chi connectivity index (χ0n) is 21.1. The Labute approximate surface area is 222 Å². The number of nitrogens with zero attached hydrogens (tertiary/aromatic N) is 5. The van der Waals surface area contributed by atoms with E-state index in [0.717, 1.165) is 22.5 Å². The molecular formula is C27H24F3N7O2. The van der Waals surface area contributed by atoms with Gasteiger partial charge >= 0.3 is 6.36 Å². The van der Waals surface area contributed by atoms with E-state index in [1.807, 2.05) is 42.2 Å². The first-order valence-electron chi connectivity index (χ1n) is 12.1. The molecular weight excluding hydrogens is 511 g/mol. The van der Waals surface area contributed by atoms with Gasteiger partial charge < -0.3 is 20.3 Å². The summed E-state index contributed by atoms with van der Waals surface area (Å²) in [6.45, 7) is 4.52. The van der Waals surface area contributed by atoms with Crippen molar-refractivity contribution in [1.29, 1.82) is 0 Å². The number of hydrogen-bond acceptors (Lipinski definition) is 8. The standard InChI is InChI=1S/C27H24F3N7O2/c1-16-21(33-17(2)38)4-3-5-22(16)35-25-31-15-32-26(36-25)37-13-12-24-19(14-37)8-11-23(34-24)18-6-9-20(10-7-18)39-27(28,29)30/h3-11,15H,12-14H2,1-2H3,(H,33,38)(H,31,32,35,36). The van der Waals surface area contributed by atoms with E-state index in [1.54, 1.807) is 12.1 Å². The lowest BCUT2D eigenvalue weighted by Gasteiger charge is -2.28. The first-order chi connectivity index (χ1) is 18.6. The fourth-order valence-corrected chi connectivity index (χ4v) is 4.29. The summed E-state index contributed by atoms with van der Waals surface area (Å²) in [5, 5.41) is 6.01. The molecule has 2 aromatic heterocycles. The van der Waals surface area contributed by atoms with Crippen LogP contribution in [0.1, 0.15) is 23.7 Å². The average Bonchev–Trinajstić information content (AvgIpc) is 2.90. The summed E-state index contributed by atoms with van der Waals surface area (Å²) in [6.07, 6.45) is -2.64. The summed E-state index contributed by atoms with van der Waals surface area (Å²) in [5.74, 6) is 0.457. The predicted molar refractivity (Wildman–Crippen MR) is 140 cm³/mol. The second kappa shape index (κ2) is 10.6. The number of hydrogen-bond donors (Lipinski definition) is 2. The molecule has 0 saturated carbocycles. The highest BCUT2D eigenvalue weighted by atomic mass is 19.4. The SMILES string of the molecule is CC(=O)Nc1cccc(Nc2ncnc(N3CCc4nc(-c5ccc(OC(F)(F)F)cc5)ccc4C3)n2)c1C. The average molecular weight is 536 g/mol. The fraction of sp³-hybridized carbons (Fsp3) is 0.222. The molecule has 12 heteroatoms. The Morgan fingerprint density at radius 2 is 1.77 bits per heavy atom. The predicted octanol–water partition coefficient (Wildman–Crippen LogP) is 5.41. The lowest BCUT2D eigenvalue weighted by molar-refractivity contribution is -0.274. The lowest BCUT2D eigenvalue weighted by Crippen LogP contribution is -2.32. The van der Waals surface area contributed by atoms with Gasteiger partial charge in [-0.1, -0.05) is 12.1 Å². The third kappa shape index (κ3) is 6.22. The summed E-state index contributed by atoms with van der Waals surface area (Å²) in [4.78, 5) is 31.4. The van der Waals surface area contributed by atoms with Crippen molar-refractivity contribution in [1.82, 2.24) is 19.9 Å². The Balaban J connectivity index is 1.29. The summed E-state index contributed by atoms with van der Waals surface area (Å²) < 4.78 is 41.2. The molecule has 39 heavy (non-hydrogen) atoms. The van der Waals surface area contributed by atoms with Gasteiger partial charge in [0.1, 0.15) is 12.1 Å². The van der Waals surface area contributed by atoms with E-state index in [4.69, 9.17) is 4.98 Å². The van der Waals surface area contributed by atoms with Gasteiger partial charge in [0, 0.05) is 49.1 Å². The van der Waals surface area contributed by atoms with Crippen molar-refractivity contribution in [3.8, 4) is 17.0 Å². The molecule has 0 aliphatic carbocycles. The topological polar surface area (TPSA) is 105 Å². The van der Waals surface area contributed by atoms with E-state index in [0.29, 0.717) is 48.4 Å². The van der Waals surface area contributed by atoms with E-state index >= 15 is 0 Å². The maximum atomic E-state index is 12.4. The maximum absolute atomic E-state index is 12.4. The molecule has 2 N–H and O–H groups in total. The van der Waals surface area contributed by atoms with Crippen LogP contribution in [0.5, 0.6) is 5.75 Å². The summed E-state index contributed by atoms with van der Waals surface area (Å²) >= 11 is 0. The van der Waals surface area contributed by atoms with Crippen molar-refractivity contribution < 1.29 is 22.7 Å². The van der Waals surface area contributed by atoms with Gasteiger partial charge in [0.15, 0.2) is 0 Å². The molecule has 1 aliphatic heterocycles. The molecule has 0 fully saturated rings. The van der Waals surface area contributed by atoms with Crippen molar-refractivity contribution in [3.63, 3.8) is 0 Å². The van der Waals surface area contributed by atoms with Crippen molar-refractivity contribution in [2.45, 2.75) is 33.2 Å². The minimum absolute atomic E-state index is 0.155. The molecule has 1 amide bonds. The summed E-state index contributed by atoms with van der Waals surface area (Å²) in [5.41, 5.74) is 5.60. The van der Waals surface area contributed by atoms with Crippen molar-refractivity contribution in [2.75, 3.05) is 22.1 Å². The quantitative estimate of drug-likeness (QED) is 0.338. The highest BCUT2D eigenvalue weighted by Gasteiger charge is 2.31. The molecule has 1 aliphatic rings. The van der Waals surface area contributed by atoms with E-state index < -0.39 is 6.36 Å². The van der Waals surface area contributed by atoms with Crippen molar-refractivity contribution in [2.24, 2.45) is 0 Å². The highest BCUT2D eigenvalue weighted by molar-refractivity contribution is 5.90. The molecule has 0 saturated heterocycles. The first kappa shape index (κ1) is 25.9. The number of ether oxygens (including phenoxy) is 1. The Morgan fingerprint density at radius 1 is 1.00 bits per heavy atom. The molecule has 0 unspecified atom stereocenters. The van der Waals surface area contributed by atoms with Gasteiger partial charge in [0.25, 0.3) is 0 Å². The Bertz CT molecular complexity index is 1510. The minimum atomic E-state index is -4.73. The second-order valence-electron chi connectivity index (χ2n) is 8.94. The molecule has 200 valence electrons. The Hall–Kier alpha value is -4.74. The molecule has 9 nitrogen and oxygen atoms in total. The zero-order valence-corrected chi connectivity index (χ0v) is 21.1. The van der Waals surface area contributed by atoms with Crippen LogP contribution in [0.15, 0.2) is 60.9 Å². The van der Waals surface area contributed by atoms with Gasteiger partial charge in [0.2, 0.25) is 17.8 Å². The number of nitrogens with one attached hydrogen (secondary N) is 2. The molecule has 4 aromatic rings. The number of carbonyl (C=O) groups excluding carboxylic acids is 1. The number of fused-ring (bicyclic) bond motifs is 1. The second-order valence-corrected chi connectivity index (χ2v) is 8.94.